The average molecular weight is 1750 g/mol. The summed E-state index contributed by atoms with van der Waals surface area (Å²) in [7, 11) is 0. The van der Waals surface area contributed by atoms with E-state index in [1.807, 2.05) is 41.5 Å². The van der Waals surface area contributed by atoms with Crippen LogP contribution in [0.5, 0.6) is 0 Å². The number of ether oxygens (including phenoxy) is 15. The first-order valence-corrected chi connectivity index (χ1v) is 43.0. The smallest absolute Gasteiger partial charge is 0.407 e. The van der Waals surface area contributed by atoms with Gasteiger partial charge in [0.05, 0.1) is 47.9 Å². The Morgan fingerprint density at radius 1 is 0.520 bits per heavy atom. The lowest BCUT2D eigenvalue weighted by atomic mass is 9.40. The number of nitrogens with one attached hydrogen (secondary N) is 2. The zero-order valence-electron chi connectivity index (χ0n) is 75.4. The Labute approximate surface area is 732 Å². The van der Waals surface area contributed by atoms with Crippen LogP contribution in [0.15, 0.2) is 108 Å². The van der Waals surface area contributed by atoms with E-state index in [0.29, 0.717) is 41.6 Å². The average Bonchev–Trinajstić information content (AvgIpc) is 0.666. The van der Waals surface area contributed by atoms with Gasteiger partial charge in [-0.15, -0.1) is 0 Å². The van der Waals surface area contributed by atoms with E-state index < -0.39 is 237 Å². The standard InChI is InChI=1S/C47H65NO14.C46H63NO15.CH4/c1-13-33-58-32-22-29-19-20-46(29,61-27(6)50)37-39(60-40(52)28-17-15-14-16-18-28)47(55)23-31(57-41(53)35(51)30(21-24(2)3)48-42(54)62-43(7,8)9)25(4)34(44(47,10)11)36(56-26(5)49)38(59-33)45(32,37)12;1-13-32-58-30-20-31-45(22-55-31,61-26(6)49)36-38(60-39(51)27-17-15-14-16-18-27)46(54)21-29(57-40(52)34(50)28(19-23(2)3)47-41(53)62-42(7,8)9)24(4)33(43(46,10)11)35(56-25(5)48)37(59-32)44(30,36)12;/h13-18,24,29-33,35-39,51,55H,1,19-23H2,2-12H3,(H,48,54);13-18,23,28-32,34-38,50,54H,1,19-22H2,2-12H3,(H,47,53);1H4/t29-,30+,31+,32+,33?,35+,36+,37+,38+,39+,45-,46+,47-;28-,29-,30-,31+,32?,34+,35-,36-,37-,38-,44+,45-,46+;/m10./s1. The van der Waals surface area contributed by atoms with Crippen LogP contribution in [0.25, 0.3) is 0 Å². The topological polar surface area (TPSA) is 414 Å². The molecule has 692 valence electrons. The normalized spacial score (nSPS) is 35.2. The number of carbonyl (C=O) groups excluding carboxylic acids is 10. The highest BCUT2D eigenvalue weighted by atomic mass is 16.7. The van der Waals surface area contributed by atoms with Gasteiger partial charge in [0.15, 0.2) is 42.6 Å². The molecule has 2 aromatic carbocycles. The third-order valence-electron chi connectivity index (χ3n) is 27.4. The molecule has 2 unspecified atom stereocenters. The molecule has 8 fully saturated rings. The number of amides is 2. The van der Waals surface area contributed by atoms with Gasteiger partial charge in [-0.2, -0.15) is 0 Å². The first kappa shape index (κ1) is 98.5. The van der Waals surface area contributed by atoms with Gasteiger partial charge in [-0.05, 0) is 158 Å². The Morgan fingerprint density at radius 3 is 1.21 bits per heavy atom. The molecule has 12 rings (SSSR count). The molecule has 0 spiro atoms. The number of aliphatic hydroxyl groups excluding tert-OH is 2. The van der Waals surface area contributed by atoms with Gasteiger partial charge in [0.1, 0.15) is 70.7 Å². The summed E-state index contributed by atoms with van der Waals surface area (Å²) in [6.45, 7) is 44.3. The minimum absolute atomic E-state index is 0. The lowest BCUT2D eigenvalue weighted by Crippen LogP contribution is -2.83. The number of carbonyl (C=O) groups is 10. The van der Waals surface area contributed by atoms with Crippen molar-refractivity contribution in [1.29, 1.82) is 0 Å². The Bertz CT molecular complexity index is 4190. The van der Waals surface area contributed by atoms with Gasteiger partial charge in [0.25, 0.3) is 0 Å². The van der Waals surface area contributed by atoms with Crippen molar-refractivity contribution in [3.8, 4) is 0 Å². The van der Waals surface area contributed by atoms with Crippen molar-refractivity contribution in [2.75, 3.05) is 6.61 Å². The summed E-state index contributed by atoms with van der Waals surface area (Å²) in [5.74, 6) is -9.13. The van der Waals surface area contributed by atoms with E-state index in [4.69, 9.17) is 71.1 Å². The third-order valence-corrected chi connectivity index (χ3v) is 27.4. The molecule has 3 saturated heterocycles. The van der Waals surface area contributed by atoms with E-state index in [2.05, 4.69) is 23.8 Å². The van der Waals surface area contributed by atoms with Gasteiger partial charge in [0, 0.05) is 80.5 Å². The van der Waals surface area contributed by atoms with Crippen molar-refractivity contribution in [3.63, 3.8) is 0 Å². The van der Waals surface area contributed by atoms with E-state index >= 15 is 0 Å². The number of hydrogen-bond donors (Lipinski definition) is 6. The molecular weight excluding hydrogens is 1620 g/mol. The highest BCUT2D eigenvalue weighted by Gasteiger charge is 2.82. The zero-order chi connectivity index (χ0) is 91.8. The van der Waals surface area contributed by atoms with Gasteiger partial charge in [-0.1, -0.05) is 126 Å². The summed E-state index contributed by atoms with van der Waals surface area (Å²) in [5, 5.41) is 56.3. The molecule has 3 aliphatic heterocycles. The van der Waals surface area contributed by atoms with Crippen molar-refractivity contribution in [3.05, 3.63) is 119 Å². The van der Waals surface area contributed by atoms with Crippen LogP contribution in [0.1, 0.15) is 232 Å². The van der Waals surface area contributed by atoms with Gasteiger partial charge in [0.2, 0.25) is 0 Å². The Balaban J connectivity index is 0.000000259. The molecule has 5 saturated carbocycles. The molecule has 0 aromatic heterocycles. The Hall–Kier alpha value is -8.66. The number of hydrogen-bond acceptors (Lipinski definition) is 29. The number of alkyl carbamates (subject to hydrolysis) is 2. The maximum absolute atomic E-state index is 14.5. The highest BCUT2D eigenvalue weighted by Crippen LogP contribution is 2.72. The monoisotopic (exact) mass is 1750 g/mol. The van der Waals surface area contributed by atoms with Crippen molar-refractivity contribution in [2.45, 2.75) is 349 Å². The van der Waals surface area contributed by atoms with Crippen molar-refractivity contribution in [1.82, 2.24) is 10.6 Å². The summed E-state index contributed by atoms with van der Waals surface area (Å²) in [6, 6.07) is 14.2. The SMILES string of the molecule is C.C=CC1O[C@H]2C[C@H]3CC[C@@]3(OC(C)=O)[C@H]3[C@H](OC(=O)c4ccccc4)[C@]4(O)C[C@H](OC(=O)[C@@H](O)[C@H](CC(C)C)NC(=O)OC(C)(C)C)C(C)=C([C@H](OC(C)=O)[C@H](O1)[C@]23C)C4(C)C.C=CC1O[C@H]2C[C@H]3OC[C@@]3(OC(C)=O)[C@H]3[C@H](OC(=O)c4ccccc4)[C@]4(O)C[C@H](OC(=O)[C@H](O)[C@H](CC(C)C)NC(=O)OC(C)(C)C)C(C)=C([C@H](OC(C)=O)[C@H](O1)[C@]23C)C4(C)C. The van der Waals surface area contributed by atoms with Crippen LogP contribution in [0.2, 0.25) is 0 Å². The summed E-state index contributed by atoms with van der Waals surface area (Å²) in [4.78, 5) is 136. The summed E-state index contributed by atoms with van der Waals surface area (Å²) in [5.41, 5.74) is -12.8. The number of aliphatic hydroxyl groups is 4. The van der Waals surface area contributed by atoms with Gasteiger partial charge in [-0.3, -0.25) is 19.2 Å². The molecule has 6 N–H and O–H groups in total. The zero-order valence-corrected chi connectivity index (χ0v) is 75.4. The maximum atomic E-state index is 14.5. The van der Waals surface area contributed by atoms with Crippen LogP contribution in [0, 0.1) is 51.2 Å². The van der Waals surface area contributed by atoms with Gasteiger partial charge < -0.3 is 102 Å². The number of rotatable bonds is 22. The first-order valence-electron chi connectivity index (χ1n) is 43.0. The number of benzene rings is 2. The minimum atomic E-state index is -2.23. The molecule has 2 amide bonds. The van der Waals surface area contributed by atoms with E-state index in [1.54, 1.807) is 144 Å². The molecule has 26 atom stereocenters. The molecular formula is C94H132N2O29. The van der Waals surface area contributed by atoms with E-state index in [9.17, 15) is 68.4 Å². The molecule has 3 heterocycles. The summed E-state index contributed by atoms with van der Waals surface area (Å²) in [6.07, 6.45) is -16.2. The highest BCUT2D eigenvalue weighted by molar-refractivity contribution is 5.90. The van der Waals surface area contributed by atoms with Crippen LogP contribution < -0.4 is 10.6 Å². The maximum Gasteiger partial charge on any atom is 0.407 e. The molecule has 125 heavy (non-hydrogen) atoms. The lowest BCUT2D eigenvalue weighted by Gasteiger charge is -2.71. The predicted molar refractivity (Wildman–Crippen MR) is 450 cm³/mol. The first-order chi connectivity index (χ1) is 57.6. The molecule has 31 heteroatoms. The molecule has 10 aliphatic rings. The quantitative estimate of drug-likeness (QED) is 0.0362. The second-order valence-electron chi connectivity index (χ2n) is 39.5. The lowest BCUT2D eigenvalue weighted by molar-refractivity contribution is -0.405. The van der Waals surface area contributed by atoms with Crippen LogP contribution in [0.4, 0.5) is 9.59 Å². The van der Waals surface area contributed by atoms with Crippen molar-refractivity contribution < 1.29 is 139 Å². The predicted octanol–water partition coefficient (Wildman–Crippen LogP) is 11.4. The Morgan fingerprint density at radius 2 is 0.888 bits per heavy atom. The second-order valence-corrected chi connectivity index (χ2v) is 39.5. The van der Waals surface area contributed by atoms with E-state index in [1.165, 1.54) is 39.8 Å². The van der Waals surface area contributed by atoms with Crippen LogP contribution in [-0.2, 0) is 99.8 Å². The summed E-state index contributed by atoms with van der Waals surface area (Å²) >= 11 is 0. The molecule has 7 aliphatic carbocycles. The fraction of sp³-hybridized carbons (Fsp3) is 0.681. The second kappa shape index (κ2) is 36.5. The number of fused-ring (bicyclic) bond motifs is 8. The van der Waals surface area contributed by atoms with E-state index in [0.717, 1.165) is 0 Å². The van der Waals surface area contributed by atoms with E-state index in [-0.39, 0.29) is 68.6 Å². The molecule has 2 aromatic rings. The molecule has 4 bridgehead atoms. The fourth-order valence-electron chi connectivity index (χ4n) is 21.9. The molecule has 0 radical (unpaired) electrons. The largest absolute Gasteiger partial charge is 0.458 e. The summed E-state index contributed by atoms with van der Waals surface area (Å²) < 4.78 is 94.6. The van der Waals surface area contributed by atoms with Crippen LogP contribution >= 0.6 is 0 Å². The van der Waals surface area contributed by atoms with Crippen molar-refractivity contribution in [2.24, 2.45) is 51.2 Å². The van der Waals surface area contributed by atoms with Crippen LogP contribution in [-0.4, -0.2) is 225 Å². The third kappa shape index (κ3) is 18.5. The number of esters is 8. The van der Waals surface area contributed by atoms with Crippen LogP contribution in [0.3, 0.4) is 0 Å². The molecule has 31 nitrogen and oxygen atoms in total. The fourth-order valence-corrected chi connectivity index (χ4v) is 21.9. The van der Waals surface area contributed by atoms with Gasteiger partial charge >= 0.3 is 59.9 Å². The van der Waals surface area contributed by atoms with Crippen molar-refractivity contribution >= 4 is 59.9 Å². The Kier molecular flexibility index (Phi) is 28.7. The minimum Gasteiger partial charge on any atom is -0.458 e. The van der Waals surface area contributed by atoms with Gasteiger partial charge in [-0.25, -0.2) is 28.8 Å².